The third kappa shape index (κ3) is 27.8. The number of carbonyl (C=O) groups excluding carboxylic acids is 8. The zero-order valence-electron chi connectivity index (χ0n) is 39.6. The van der Waals surface area contributed by atoms with Crippen LogP contribution in [0.1, 0.15) is 161 Å². The summed E-state index contributed by atoms with van der Waals surface area (Å²) in [6.45, 7) is 4.02. The molecule has 0 saturated carbocycles. The Balaban J connectivity index is 3.15. The van der Waals surface area contributed by atoms with Gasteiger partial charge in [-0.25, -0.2) is 0 Å². The Bertz CT molecular complexity index is 1590. The van der Waals surface area contributed by atoms with E-state index in [9.17, 15) is 43.5 Å². The molecule has 10 N–H and O–H groups in total. The van der Waals surface area contributed by atoms with Crippen molar-refractivity contribution in [1.82, 2.24) is 16.0 Å². The first-order valence-electron chi connectivity index (χ1n) is 24.1. The van der Waals surface area contributed by atoms with Gasteiger partial charge in [0.15, 0.2) is 17.3 Å². The summed E-state index contributed by atoms with van der Waals surface area (Å²) in [7, 11) is 0. The van der Waals surface area contributed by atoms with E-state index in [0.29, 0.717) is 69.4 Å². The van der Waals surface area contributed by atoms with Crippen LogP contribution in [0.25, 0.3) is 0 Å². The second-order valence-corrected chi connectivity index (χ2v) is 18.5. The SMILES string of the molecule is CCCCCCCCCCCC(=O)C[C@@H](CCSC)C(=O)NCC(=O)C[C@@H](Cc1ccc(O)cc1)C(=O)N[C@@H](CCC(N)=O)C(=O)C[C@@H](CCCCN)C(=O)N[C@@H](CCCCN)C(C)=O. The number of phenols is 1. The fraction of sp³-hybridized carbons (Fsp3) is 0.714. The van der Waals surface area contributed by atoms with E-state index in [-0.39, 0.29) is 68.8 Å². The van der Waals surface area contributed by atoms with Crippen molar-refractivity contribution < 1.29 is 43.5 Å². The number of hydrogen-bond donors (Lipinski definition) is 7. The number of nitrogens with two attached hydrogens (primary N) is 3. The highest BCUT2D eigenvalue weighted by Crippen LogP contribution is 2.21. The zero-order chi connectivity index (χ0) is 48.4. The van der Waals surface area contributed by atoms with Crippen LogP contribution in [0, 0.1) is 17.8 Å². The van der Waals surface area contributed by atoms with Crippen molar-refractivity contribution in [2.75, 3.05) is 31.6 Å². The van der Waals surface area contributed by atoms with Gasteiger partial charge < -0.3 is 38.3 Å². The van der Waals surface area contributed by atoms with Crippen LogP contribution in [0.15, 0.2) is 24.3 Å². The number of Topliss-reactive ketones (excluding diaryl/α,β-unsaturated/α-hetero) is 4. The van der Waals surface area contributed by atoms with E-state index in [1.165, 1.54) is 51.2 Å². The van der Waals surface area contributed by atoms with Gasteiger partial charge in [0, 0.05) is 49.9 Å². The summed E-state index contributed by atoms with van der Waals surface area (Å²) >= 11 is 1.56. The largest absolute Gasteiger partial charge is 0.508 e. The smallest absolute Gasteiger partial charge is 0.224 e. The third-order valence-electron chi connectivity index (χ3n) is 11.8. The first-order chi connectivity index (χ1) is 31.1. The van der Waals surface area contributed by atoms with Gasteiger partial charge in [0.1, 0.15) is 11.5 Å². The number of rotatable bonds is 41. The summed E-state index contributed by atoms with van der Waals surface area (Å²) in [4.78, 5) is 106. The Morgan fingerprint density at radius 3 is 1.75 bits per heavy atom. The van der Waals surface area contributed by atoms with Crippen LogP contribution in [0.3, 0.4) is 0 Å². The first-order valence-corrected chi connectivity index (χ1v) is 25.4. The highest BCUT2D eigenvalue weighted by molar-refractivity contribution is 7.98. The molecule has 0 saturated heterocycles. The Kier molecular flexibility index (Phi) is 32.6. The molecule has 4 amide bonds. The molecule has 16 heteroatoms. The molecule has 0 radical (unpaired) electrons. The molecule has 0 unspecified atom stereocenters. The Morgan fingerprint density at radius 1 is 0.615 bits per heavy atom. The lowest BCUT2D eigenvalue weighted by molar-refractivity contribution is -0.135. The van der Waals surface area contributed by atoms with Crippen LogP contribution in [0.2, 0.25) is 0 Å². The Hall–Kier alpha value is -4.15. The quantitative estimate of drug-likeness (QED) is 0.0400. The molecule has 15 nitrogen and oxygen atoms in total. The molecule has 0 aliphatic carbocycles. The highest BCUT2D eigenvalue weighted by Gasteiger charge is 2.32. The average Bonchev–Trinajstić information content (AvgIpc) is 3.27. The summed E-state index contributed by atoms with van der Waals surface area (Å²) < 4.78 is 0. The van der Waals surface area contributed by atoms with E-state index in [1.54, 1.807) is 23.9 Å². The van der Waals surface area contributed by atoms with Gasteiger partial charge in [-0.3, -0.25) is 38.4 Å². The van der Waals surface area contributed by atoms with E-state index in [2.05, 4.69) is 22.9 Å². The second-order valence-electron chi connectivity index (χ2n) is 17.5. The van der Waals surface area contributed by atoms with Gasteiger partial charge >= 0.3 is 0 Å². The minimum atomic E-state index is -1.24. The molecule has 0 aliphatic rings. The fourth-order valence-corrected chi connectivity index (χ4v) is 8.26. The maximum atomic E-state index is 14.1. The number of phenolic OH excluding ortho intramolecular Hbond substituents is 1. The van der Waals surface area contributed by atoms with Crippen LogP contribution in [0.5, 0.6) is 5.75 Å². The molecule has 0 spiro atoms. The van der Waals surface area contributed by atoms with Gasteiger partial charge in [0.05, 0.1) is 18.6 Å². The monoisotopic (exact) mass is 931 g/mol. The van der Waals surface area contributed by atoms with Crippen molar-refractivity contribution in [3.05, 3.63) is 29.8 Å². The lowest BCUT2D eigenvalue weighted by Gasteiger charge is -2.25. The lowest BCUT2D eigenvalue weighted by Crippen LogP contribution is -2.47. The summed E-state index contributed by atoms with van der Waals surface area (Å²) in [5, 5.41) is 18.1. The number of benzene rings is 1. The van der Waals surface area contributed by atoms with Gasteiger partial charge in [-0.1, -0.05) is 76.8 Å². The maximum Gasteiger partial charge on any atom is 0.224 e. The minimum absolute atomic E-state index is 0.00330. The summed E-state index contributed by atoms with van der Waals surface area (Å²) in [6.07, 6.45) is 15.2. The van der Waals surface area contributed by atoms with Gasteiger partial charge in [-0.05, 0) is 108 Å². The van der Waals surface area contributed by atoms with Crippen molar-refractivity contribution in [3.8, 4) is 5.75 Å². The molecular formula is C49H82N6O9S. The molecule has 368 valence electrons. The van der Waals surface area contributed by atoms with Gasteiger partial charge in [-0.2, -0.15) is 11.8 Å². The number of primary amides is 1. The molecule has 1 aromatic carbocycles. The van der Waals surface area contributed by atoms with Crippen molar-refractivity contribution in [1.29, 1.82) is 0 Å². The van der Waals surface area contributed by atoms with Crippen LogP contribution < -0.4 is 33.2 Å². The number of carbonyl (C=O) groups is 8. The standard InChI is InChI=1S/C49H82N6O9S/c1-4-5-6-7-8-9-10-11-12-18-41(58)31-38(26-29-65-3)47(62)53-34-42(59)32-39(30-36-20-22-40(57)23-21-36)49(64)55-44(24-25-46(52)61)45(60)33-37(17-13-15-27-50)48(63)54-43(35(2)56)19-14-16-28-51/h20-23,37-39,43-44,57H,4-19,24-34,50-51H2,1-3H3,(H2,52,61)(H,53,62)(H,54,63)(H,55,64)/t37-,38-,39-,43+,44+/m1/s1. The van der Waals surface area contributed by atoms with Gasteiger partial charge in [0.25, 0.3) is 0 Å². The maximum absolute atomic E-state index is 14.1. The fourth-order valence-electron chi connectivity index (χ4n) is 7.74. The van der Waals surface area contributed by atoms with Crippen LogP contribution in [-0.4, -0.2) is 95.6 Å². The van der Waals surface area contributed by atoms with Crippen molar-refractivity contribution in [3.63, 3.8) is 0 Å². The molecule has 0 fully saturated rings. The highest BCUT2D eigenvalue weighted by atomic mass is 32.2. The summed E-state index contributed by atoms with van der Waals surface area (Å²) in [5.41, 5.74) is 17.4. The van der Waals surface area contributed by atoms with Crippen molar-refractivity contribution >= 4 is 58.5 Å². The number of unbranched alkanes of at least 4 members (excludes halogenated alkanes) is 10. The van der Waals surface area contributed by atoms with Gasteiger partial charge in [-0.15, -0.1) is 0 Å². The summed E-state index contributed by atoms with van der Waals surface area (Å²) in [5.74, 6) is -5.28. The normalized spacial score (nSPS) is 13.5. The average molecular weight is 931 g/mol. The van der Waals surface area contributed by atoms with Crippen molar-refractivity contribution in [2.24, 2.45) is 35.0 Å². The molecule has 0 bridgehead atoms. The molecule has 1 aromatic rings. The molecule has 0 aromatic heterocycles. The molecule has 5 atom stereocenters. The van der Waals surface area contributed by atoms with Gasteiger partial charge in [0.2, 0.25) is 23.6 Å². The number of ketones is 4. The van der Waals surface area contributed by atoms with E-state index in [1.807, 2.05) is 6.26 Å². The third-order valence-corrected chi connectivity index (χ3v) is 12.4. The first kappa shape index (κ1) is 58.9. The Morgan fingerprint density at radius 2 is 1.17 bits per heavy atom. The van der Waals surface area contributed by atoms with Crippen LogP contribution >= 0.6 is 11.8 Å². The van der Waals surface area contributed by atoms with E-state index in [0.717, 1.165) is 25.7 Å². The van der Waals surface area contributed by atoms with Crippen LogP contribution in [-0.2, 0) is 44.8 Å². The number of thioether (sulfide) groups is 1. The lowest BCUT2D eigenvalue weighted by atomic mass is 9.89. The van der Waals surface area contributed by atoms with Crippen molar-refractivity contribution in [2.45, 2.75) is 174 Å². The van der Waals surface area contributed by atoms with Crippen LogP contribution in [0.4, 0.5) is 0 Å². The molecule has 1 rings (SSSR count). The predicted octanol–water partition coefficient (Wildman–Crippen LogP) is 5.53. The second kappa shape index (κ2) is 36.0. The number of aromatic hydroxyl groups is 1. The Labute approximate surface area is 392 Å². The van der Waals surface area contributed by atoms with E-state index < -0.39 is 65.0 Å². The molecule has 65 heavy (non-hydrogen) atoms. The molecule has 0 aliphatic heterocycles. The topological polar surface area (TPSA) is 271 Å². The minimum Gasteiger partial charge on any atom is -0.508 e. The zero-order valence-corrected chi connectivity index (χ0v) is 40.5. The molecular weight excluding hydrogens is 849 g/mol. The van der Waals surface area contributed by atoms with E-state index >= 15 is 0 Å². The predicted molar refractivity (Wildman–Crippen MR) is 258 cm³/mol. The number of nitrogens with one attached hydrogen (secondary N) is 3. The number of hydrogen-bond acceptors (Lipinski definition) is 12. The number of amides is 4. The van der Waals surface area contributed by atoms with E-state index in [4.69, 9.17) is 17.2 Å². The summed E-state index contributed by atoms with van der Waals surface area (Å²) in [6, 6.07) is 4.11. The molecule has 0 heterocycles.